The first-order valence-electron chi connectivity index (χ1n) is 5.88. The second kappa shape index (κ2) is 5.14. The van der Waals surface area contributed by atoms with Crippen molar-refractivity contribution in [1.29, 1.82) is 0 Å². The lowest BCUT2D eigenvalue weighted by Crippen LogP contribution is -2.01. The van der Waals surface area contributed by atoms with Crippen LogP contribution in [0.2, 0.25) is 5.02 Å². The lowest BCUT2D eigenvalue weighted by molar-refractivity contribution is 0.419. The Morgan fingerprint density at radius 3 is 2.80 bits per heavy atom. The molecule has 0 fully saturated rings. The molecular formula is C14H11ClIN3O. The molecule has 0 amide bonds. The fourth-order valence-corrected chi connectivity index (χ4v) is 3.11. The van der Waals surface area contributed by atoms with Gasteiger partial charge in [0.2, 0.25) is 5.95 Å². The quantitative estimate of drug-likeness (QED) is 0.666. The van der Waals surface area contributed by atoms with Gasteiger partial charge >= 0.3 is 0 Å². The van der Waals surface area contributed by atoms with Gasteiger partial charge in [-0.3, -0.25) is 4.57 Å². The number of anilines is 1. The Hall–Kier alpha value is -1.47. The monoisotopic (exact) mass is 399 g/mol. The zero-order chi connectivity index (χ0) is 14.3. The van der Waals surface area contributed by atoms with Crippen LogP contribution < -0.4 is 10.5 Å². The number of hydrogen-bond acceptors (Lipinski definition) is 3. The van der Waals surface area contributed by atoms with E-state index in [0.717, 1.165) is 20.3 Å². The van der Waals surface area contributed by atoms with Crippen molar-refractivity contribution in [2.45, 2.75) is 0 Å². The van der Waals surface area contributed by atoms with Crippen LogP contribution >= 0.6 is 34.2 Å². The largest absolute Gasteiger partial charge is 0.494 e. The normalized spacial score (nSPS) is 10.9. The molecule has 0 spiro atoms. The average Bonchev–Trinajstić information content (AvgIpc) is 2.75. The summed E-state index contributed by atoms with van der Waals surface area (Å²) in [5.74, 6) is 1.07. The first-order valence-corrected chi connectivity index (χ1v) is 7.34. The van der Waals surface area contributed by atoms with Gasteiger partial charge in [0.15, 0.2) is 0 Å². The van der Waals surface area contributed by atoms with E-state index in [2.05, 4.69) is 27.6 Å². The maximum Gasteiger partial charge on any atom is 0.206 e. The van der Waals surface area contributed by atoms with Gasteiger partial charge in [-0.15, -0.1) is 0 Å². The van der Waals surface area contributed by atoms with Crippen molar-refractivity contribution in [3.63, 3.8) is 0 Å². The zero-order valence-corrected chi connectivity index (χ0v) is 13.5. The van der Waals surface area contributed by atoms with Crippen LogP contribution in [0.5, 0.6) is 5.75 Å². The molecule has 0 bridgehead atoms. The molecule has 1 aromatic heterocycles. The third kappa shape index (κ3) is 2.10. The smallest absolute Gasteiger partial charge is 0.206 e. The predicted octanol–water partition coefficient (Wildman–Crippen LogP) is 3.87. The van der Waals surface area contributed by atoms with Crippen LogP contribution in [0.4, 0.5) is 5.95 Å². The van der Waals surface area contributed by atoms with Crippen molar-refractivity contribution in [3.8, 4) is 11.4 Å². The summed E-state index contributed by atoms with van der Waals surface area (Å²) < 4.78 is 8.21. The molecule has 0 saturated heterocycles. The van der Waals surface area contributed by atoms with Gasteiger partial charge in [-0.25, -0.2) is 4.98 Å². The van der Waals surface area contributed by atoms with Gasteiger partial charge in [-0.2, -0.15) is 0 Å². The topological polar surface area (TPSA) is 53.1 Å². The Morgan fingerprint density at radius 2 is 2.10 bits per heavy atom. The number of hydrogen-bond donors (Lipinski definition) is 1. The van der Waals surface area contributed by atoms with Gasteiger partial charge in [-0.05, 0) is 52.9 Å². The number of methoxy groups -OCH3 is 1. The van der Waals surface area contributed by atoms with Gasteiger partial charge in [0.1, 0.15) is 11.3 Å². The second-order valence-corrected chi connectivity index (χ2v) is 5.88. The summed E-state index contributed by atoms with van der Waals surface area (Å²) in [4.78, 5) is 4.38. The molecule has 1 heterocycles. The maximum absolute atomic E-state index is 6.33. The number of halogens is 2. The fourth-order valence-electron chi connectivity index (χ4n) is 2.17. The minimum Gasteiger partial charge on any atom is -0.494 e. The number of benzene rings is 2. The van der Waals surface area contributed by atoms with Gasteiger partial charge in [0, 0.05) is 3.57 Å². The highest BCUT2D eigenvalue weighted by molar-refractivity contribution is 14.1. The molecule has 0 unspecified atom stereocenters. The van der Waals surface area contributed by atoms with E-state index in [1.54, 1.807) is 7.11 Å². The molecule has 0 aliphatic carbocycles. The van der Waals surface area contributed by atoms with Gasteiger partial charge in [0.25, 0.3) is 0 Å². The SMILES string of the molecule is COc1cccc2c1nc(N)n2-c1ccc(I)cc1Cl. The van der Waals surface area contributed by atoms with E-state index in [4.69, 9.17) is 22.1 Å². The standard InChI is InChI=1S/C14H11ClIN3O/c1-20-12-4-2-3-11-13(12)18-14(17)19(11)10-6-5-8(16)7-9(10)15/h2-7H,1H3,(H2,17,18). The predicted molar refractivity (Wildman–Crippen MR) is 89.8 cm³/mol. The number of imidazole rings is 1. The molecule has 102 valence electrons. The van der Waals surface area contributed by atoms with Crippen molar-refractivity contribution in [2.24, 2.45) is 0 Å². The summed E-state index contributed by atoms with van der Waals surface area (Å²) in [6.07, 6.45) is 0. The molecule has 3 aromatic rings. The number of aromatic nitrogens is 2. The molecule has 0 saturated carbocycles. The van der Waals surface area contributed by atoms with E-state index in [0.29, 0.717) is 16.7 Å². The van der Waals surface area contributed by atoms with Crippen LogP contribution in [-0.2, 0) is 0 Å². The number of nitrogen functional groups attached to an aromatic ring is 1. The minimum absolute atomic E-state index is 0.382. The highest BCUT2D eigenvalue weighted by Crippen LogP contribution is 2.32. The van der Waals surface area contributed by atoms with E-state index in [1.165, 1.54) is 0 Å². The van der Waals surface area contributed by atoms with E-state index in [9.17, 15) is 0 Å². The molecule has 2 aromatic carbocycles. The van der Waals surface area contributed by atoms with Crippen LogP contribution in [0.1, 0.15) is 0 Å². The third-order valence-corrected chi connectivity index (χ3v) is 4.02. The molecule has 2 N–H and O–H groups in total. The maximum atomic E-state index is 6.33. The van der Waals surface area contributed by atoms with Crippen molar-refractivity contribution in [1.82, 2.24) is 9.55 Å². The minimum atomic E-state index is 0.382. The lowest BCUT2D eigenvalue weighted by Gasteiger charge is -2.09. The number of ether oxygens (including phenoxy) is 1. The molecule has 4 nitrogen and oxygen atoms in total. The van der Waals surface area contributed by atoms with E-state index < -0.39 is 0 Å². The molecule has 0 radical (unpaired) electrons. The van der Waals surface area contributed by atoms with E-state index >= 15 is 0 Å². The van der Waals surface area contributed by atoms with Crippen molar-refractivity contribution >= 4 is 51.2 Å². The first-order chi connectivity index (χ1) is 9.61. The second-order valence-electron chi connectivity index (χ2n) is 4.23. The Balaban J connectivity index is 2.34. The lowest BCUT2D eigenvalue weighted by atomic mass is 10.2. The summed E-state index contributed by atoms with van der Waals surface area (Å²) in [5.41, 5.74) is 8.45. The van der Waals surface area contributed by atoms with Gasteiger partial charge < -0.3 is 10.5 Å². The molecule has 0 aliphatic rings. The van der Waals surface area contributed by atoms with Crippen LogP contribution in [0.25, 0.3) is 16.7 Å². The highest BCUT2D eigenvalue weighted by atomic mass is 127. The van der Waals surface area contributed by atoms with Gasteiger partial charge in [0.05, 0.1) is 23.3 Å². The van der Waals surface area contributed by atoms with Crippen LogP contribution in [0.3, 0.4) is 0 Å². The zero-order valence-electron chi connectivity index (χ0n) is 10.6. The number of nitrogens with zero attached hydrogens (tertiary/aromatic N) is 2. The van der Waals surface area contributed by atoms with Crippen LogP contribution in [0.15, 0.2) is 36.4 Å². The summed E-state index contributed by atoms with van der Waals surface area (Å²) in [7, 11) is 1.61. The number of rotatable bonds is 2. The molecule has 0 aliphatic heterocycles. The molecule has 20 heavy (non-hydrogen) atoms. The number of nitrogens with two attached hydrogens (primary N) is 1. The van der Waals surface area contributed by atoms with Gasteiger partial charge in [-0.1, -0.05) is 17.7 Å². The van der Waals surface area contributed by atoms with Crippen LogP contribution in [-0.4, -0.2) is 16.7 Å². The molecule has 6 heteroatoms. The van der Waals surface area contributed by atoms with Crippen molar-refractivity contribution in [2.75, 3.05) is 12.8 Å². The molecule has 0 atom stereocenters. The number of para-hydroxylation sites is 1. The molecular weight excluding hydrogens is 389 g/mol. The van der Waals surface area contributed by atoms with E-state index in [1.807, 2.05) is 41.0 Å². The summed E-state index contributed by atoms with van der Waals surface area (Å²) >= 11 is 8.54. The molecule has 3 rings (SSSR count). The average molecular weight is 400 g/mol. The Kier molecular flexibility index (Phi) is 3.47. The van der Waals surface area contributed by atoms with Crippen molar-refractivity contribution < 1.29 is 4.74 Å². The fraction of sp³-hybridized carbons (Fsp3) is 0.0714. The number of fused-ring (bicyclic) bond motifs is 1. The Labute approximate surface area is 134 Å². The van der Waals surface area contributed by atoms with Crippen LogP contribution in [0, 0.1) is 3.57 Å². The summed E-state index contributed by atoms with van der Waals surface area (Å²) in [6.45, 7) is 0. The highest BCUT2D eigenvalue weighted by Gasteiger charge is 2.15. The van der Waals surface area contributed by atoms with Crippen molar-refractivity contribution in [3.05, 3.63) is 45.0 Å². The summed E-state index contributed by atoms with van der Waals surface area (Å²) in [5, 5.41) is 0.630. The summed E-state index contributed by atoms with van der Waals surface area (Å²) in [6, 6.07) is 11.5. The first kappa shape index (κ1) is 13.5. The van der Waals surface area contributed by atoms with E-state index in [-0.39, 0.29) is 0 Å². The Morgan fingerprint density at radius 1 is 1.30 bits per heavy atom. The Bertz CT molecular complexity index is 800. The third-order valence-electron chi connectivity index (χ3n) is 3.04.